The van der Waals surface area contributed by atoms with E-state index in [2.05, 4.69) is 26.6 Å². The number of hydrogen-bond acceptors (Lipinski definition) is 5. The molecule has 0 bridgehead atoms. The van der Waals surface area contributed by atoms with Crippen molar-refractivity contribution in [3.05, 3.63) is 36.2 Å². The van der Waals surface area contributed by atoms with E-state index >= 15 is 0 Å². The van der Waals surface area contributed by atoms with Crippen LogP contribution in [0, 0.1) is 13.8 Å². The largest absolute Gasteiger partial charge is 0.508 e. The first-order chi connectivity index (χ1) is 12.1. The van der Waals surface area contributed by atoms with E-state index in [1.807, 2.05) is 26.1 Å². The molecule has 0 amide bonds. The average Bonchev–Trinajstić information content (AvgIpc) is 2.81. The van der Waals surface area contributed by atoms with Crippen LogP contribution in [0.2, 0.25) is 0 Å². The summed E-state index contributed by atoms with van der Waals surface area (Å²) in [5.41, 5.74) is 4.72. The third-order valence-electron chi connectivity index (χ3n) is 5.03. The van der Waals surface area contributed by atoms with Crippen LogP contribution < -0.4 is 4.90 Å². The molecular weight excluding hydrogens is 314 g/mol. The van der Waals surface area contributed by atoms with Gasteiger partial charge < -0.3 is 14.9 Å². The van der Waals surface area contributed by atoms with Gasteiger partial charge in [0.1, 0.15) is 5.75 Å². The van der Waals surface area contributed by atoms with E-state index in [-0.39, 0.29) is 5.75 Å². The van der Waals surface area contributed by atoms with E-state index in [4.69, 9.17) is 4.98 Å². The molecule has 130 valence electrons. The Morgan fingerprint density at radius 3 is 2.84 bits per heavy atom. The summed E-state index contributed by atoms with van der Waals surface area (Å²) in [4.78, 5) is 9.40. The number of aromatic nitrogens is 3. The van der Waals surface area contributed by atoms with Gasteiger partial charge in [-0.05, 0) is 44.2 Å². The zero-order valence-electron chi connectivity index (χ0n) is 14.7. The maximum Gasteiger partial charge on any atom is 0.183 e. The molecule has 0 unspecified atom stereocenters. The van der Waals surface area contributed by atoms with Crippen LogP contribution in [0.15, 0.2) is 24.9 Å². The second-order valence-corrected chi connectivity index (χ2v) is 6.73. The van der Waals surface area contributed by atoms with Crippen molar-refractivity contribution in [2.45, 2.75) is 20.3 Å². The highest BCUT2D eigenvalue weighted by Gasteiger charge is 2.22. The van der Waals surface area contributed by atoms with E-state index in [0.29, 0.717) is 0 Å². The lowest BCUT2D eigenvalue weighted by molar-refractivity contribution is 0.404. The van der Waals surface area contributed by atoms with Gasteiger partial charge in [0, 0.05) is 37.3 Å². The molecule has 0 saturated carbocycles. The number of nitrogens with zero attached hydrogens (tertiary/aromatic N) is 4. The lowest BCUT2D eigenvalue weighted by Crippen LogP contribution is -2.28. The fourth-order valence-corrected chi connectivity index (χ4v) is 3.78. The molecule has 4 rings (SSSR count). The number of aryl methyl sites for hydroxylation is 2. The van der Waals surface area contributed by atoms with Gasteiger partial charge in [-0.2, -0.15) is 5.10 Å². The minimum atomic E-state index is 0.274. The van der Waals surface area contributed by atoms with E-state index in [0.717, 1.165) is 71.5 Å². The highest BCUT2D eigenvalue weighted by Crippen LogP contribution is 2.38. The lowest BCUT2D eigenvalue weighted by Gasteiger charge is -2.26. The SMILES string of the molecule is C=CN1CCCN(c2c3cc(O)cc(C)c3nc3n[nH]c(C)c23)CC1. The Labute approximate surface area is 146 Å². The smallest absolute Gasteiger partial charge is 0.183 e. The van der Waals surface area contributed by atoms with Crippen molar-refractivity contribution < 1.29 is 5.11 Å². The van der Waals surface area contributed by atoms with Gasteiger partial charge >= 0.3 is 0 Å². The monoisotopic (exact) mass is 337 g/mol. The Morgan fingerprint density at radius 2 is 2.04 bits per heavy atom. The molecule has 2 aromatic heterocycles. The summed E-state index contributed by atoms with van der Waals surface area (Å²) < 4.78 is 0. The predicted octanol–water partition coefficient (Wildman–Crippen LogP) is 3.09. The Hall–Kier alpha value is -2.76. The van der Waals surface area contributed by atoms with Crippen molar-refractivity contribution in [3.8, 4) is 5.75 Å². The first kappa shape index (κ1) is 15.7. The highest BCUT2D eigenvalue weighted by molar-refractivity contribution is 6.09. The first-order valence-corrected chi connectivity index (χ1v) is 8.68. The number of benzene rings is 1. The summed E-state index contributed by atoms with van der Waals surface area (Å²) in [5.74, 6) is 0.274. The first-order valence-electron chi connectivity index (χ1n) is 8.68. The van der Waals surface area contributed by atoms with E-state index in [1.54, 1.807) is 6.07 Å². The van der Waals surface area contributed by atoms with Gasteiger partial charge in [0.2, 0.25) is 0 Å². The number of anilines is 1. The standard InChI is InChI=1S/C19H23N5O/c1-4-23-6-5-7-24(9-8-23)18-15-11-14(25)10-12(2)17(15)20-19-16(18)13(3)21-22-19/h4,10-11,25H,1,5-9H2,2-3H3,(H,20,21,22). The van der Waals surface area contributed by atoms with Crippen molar-refractivity contribution in [2.24, 2.45) is 0 Å². The Balaban J connectivity index is 1.98. The van der Waals surface area contributed by atoms with Gasteiger partial charge in [-0.1, -0.05) is 6.58 Å². The van der Waals surface area contributed by atoms with Crippen LogP contribution in [0.25, 0.3) is 21.9 Å². The van der Waals surface area contributed by atoms with Crippen LogP contribution in [-0.2, 0) is 0 Å². The summed E-state index contributed by atoms with van der Waals surface area (Å²) in [5, 5.41) is 19.7. The van der Waals surface area contributed by atoms with Crippen LogP contribution in [0.1, 0.15) is 17.7 Å². The van der Waals surface area contributed by atoms with Crippen molar-refractivity contribution in [2.75, 3.05) is 31.1 Å². The molecule has 1 aliphatic heterocycles. The maximum atomic E-state index is 10.2. The third-order valence-corrected chi connectivity index (χ3v) is 5.03. The zero-order valence-corrected chi connectivity index (χ0v) is 14.7. The Morgan fingerprint density at radius 1 is 1.20 bits per heavy atom. The quantitative estimate of drug-likeness (QED) is 0.752. The molecule has 1 saturated heterocycles. The number of pyridine rings is 1. The van der Waals surface area contributed by atoms with E-state index in [9.17, 15) is 5.11 Å². The Bertz CT molecular complexity index is 961. The second kappa shape index (κ2) is 5.95. The summed E-state index contributed by atoms with van der Waals surface area (Å²) in [6.07, 6.45) is 2.98. The van der Waals surface area contributed by atoms with Crippen LogP contribution in [0.4, 0.5) is 5.69 Å². The highest BCUT2D eigenvalue weighted by atomic mass is 16.3. The molecule has 3 heterocycles. The molecule has 1 fully saturated rings. The number of phenols is 1. The molecule has 0 radical (unpaired) electrons. The van der Waals surface area contributed by atoms with Gasteiger partial charge in [0.25, 0.3) is 0 Å². The topological polar surface area (TPSA) is 68.3 Å². The van der Waals surface area contributed by atoms with E-state index in [1.165, 1.54) is 0 Å². The molecular formula is C19H23N5O. The molecule has 6 heteroatoms. The van der Waals surface area contributed by atoms with Crippen molar-refractivity contribution in [3.63, 3.8) is 0 Å². The minimum Gasteiger partial charge on any atom is -0.508 e. The second-order valence-electron chi connectivity index (χ2n) is 6.73. The summed E-state index contributed by atoms with van der Waals surface area (Å²) in [6.45, 7) is 11.7. The molecule has 0 atom stereocenters. The average molecular weight is 337 g/mol. The minimum absolute atomic E-state index is 0.274. The summed E-state index contributed by atoms with van der Waals surface area (Å²) >= 11 is 0. The van der Waals surface area contributed by atoms with Gasteiger partial charge in [-0.25, -0.2) is 4.98 Å². The molecule has 6 nitrogen and oxygen atoms in total. The number of nitrogens with one attached hydrogen (secondary N) is 1. The number of hydrogen-bond donors (Lipinski definition) is 2. The molecule has 2 N–H and O–H groups in total. The molecule has 0 aliphatic carbocycles. The number of fused-ring (bicyclic) bond motifs is 2. The number of phenolic OH excluding ortho intramolecular Hbond substituents is 1. The molecule has 1 aromatic carbocycles. The van der Waals surface area contributed by atoms with Gasteiger partial charge in [-0.15, -0.1) is 0 Å². The lowest BCUT2D eigenvalue weighted by atomic mass is 10.0. The van der Waals surface area contributed by atoms with Gasteiger partial charge in [-0.3, -0.25) is 5.10 Å². The number of aromatic hydroxyl groups is 1. The number of rotatable bonds is 2. The Kier molecular flexibility index (Phi) is 3.75. The molecule has 25 heavy (non-hydrogen) atoms. The molecule has 0 spiro atoms. The maximum absolute atomic E-state index is 10.2. The van der Waals surface area contributed by atoms with Gasteiger partial charge in [0.15, 0.2) is 5.65 Å². The normalized spacial score (nSPS) is 15.8. The number of H-pyrrole nitrogens is 1. The summed E-state index contributed by atoms with van der Waals surface area (Å²) in [7, 11) is 0. The molecule has 3 aromatic rings. The van der Waals surface area contributed by atoms with Crippen molar-refractivity contribution in [1.82, 2.24) is 20.1 Å². The van der Waals surface area contributed by atoms with Crippen molar-refractivity contribution in [1.29, 1.82) is 0 Å². The molecule has 1 aliphatic rings. The fourth-order valence-electron chi connectivity index (χ4n) is 3.78. The van der Waals surface area contributed by atoms with Crippen LogP contribution in [0.5, 0.6) is 5.75 Å². The van der Waals surface area contributed by atoms with Crippen LogP contribution in [0.3, 0.4) is 0 Å². The zero-order chi connectivity index (χ0) is 17.6. The van der Waals surface area contributed by atoms with Crippen LogP contribution in [-0.4, -0.2) is 51.4 Å². The van der Waals surface area contributed by atoms with Crippen molar-refractivity contribution >= 4 is 27.6 Å². The third kappa shape index (κ3) is 2.58. The summed E-state index contributed by atoms with van der Waals surface area (Å²) in [6, 6.07) is 3.58. The number of aromatic amines is 1. The van der Waals surface area contributed by atoms with E-state index < -0.39 is 0 Å². The van der Waals surface area contributed by atoms with Crippen LogP contribution >= 0.6 is 0 Å². The predicted molar refractivity (Wildman–Crippen MR) is 101 cm³/mol. The fraction of sp³-hybridized carbons (Fsp3) is 0.368. The van der Waals surface area contributed by atoms with Gasteiger partial charge in [0.05, 0.1) is 16.6 Å².